The maximum Gasteiger partial charge on any atom is 0.0702 e. The average Bonchev–Trinajstić information content (AvgIpc) is 2.85. The van der Waals surface area contributed by atoms with Crippen LogP contribution in [0, 0.1) is 11.8 Å². The third kappa shape index (κ3) is 4.96. The first-order chi connectivity index (χ1) is 9.28. The largest absolute Gasteiger partial charge is 0.377 e. The number of ether oxygens (including phenoxy) is 1. The monoisotopic (exact) mass is 278 g/mol. The van der Waals surface area contributed by atoms with Crippen molar-refractivity contribution in [3.63, 3.8) is 0 Å². The number of rotatable bonds is 4. The van der Waals surface area contributed by atoms with Crippen LogP contribution in [0.5, 0.6) is 0 Å². The summed E-state index contributed by atoms with van der Waals surface area (Å²) in [7, 11) is 2.16. The number of nitrogens with two attached hydrogens (primary N) is 1. The van der Waals surface area contributed by atoms with E-state index in [1.807, 2.05) is 0 Å². The molecule has 1 unspecified atom stereocenters. The van der Waals surface area contributed by atoms with Crippen molar-refractivity contribution in [3.8, 4) is 11.8 Å². The molecule has 1 saturated heterocycles. The number of likely N-dealkylation sites (N-methyl/N-ethyl adjacent to an activating group) is 1. The van der Waals surface area contributed by atoms with Crippen LogP contribution in [0.4, 0.5) is 0 Å². The van der Waals surface area contributed by atoms with Gasteiger partial charge in [-0.3, -0.25) is 4.90 Å². The van der Waals surface area contributed by atoms with Gasteiger partial charge in [0.25, 0.3) is 0 Å². The normalized spacial score (nSPS) is 19.2. The van der Waals surface area contributed by atoms with E-state index in [9.17, 15) is 0 Å². The summed E-state index contributed by atoms with van der Waals surface area (Å²) < 4.78 is 5.77. The van der Waals surface area contributed by atoms with Gasteiger partial charge in [0.1, 0.15) is 0 Å². The highest BCUT2D eigenvalue weighted by atomic mass is 32.1. The van der Waals surface area contributed by atoms with E-state index in [1.54, 1.807) is 11.3 Å². The van der Waals surface area contributed by atoms with Crippen molar-refractivity contribution in [2.45, 2.75) is 31.9 Å². The SMILES string of the molecule is CN(Cc1cc(C#CCN)cs1)CC1CCCCO1. The Kier molecular flexibility index (Phi) is 5.87. The van der Waals surface area contributed by atoms with Gasteiger partial charge in [-0.05, 0) is 32.4 Å². The summed E-state index contributed by atoms with van der Waals surface area (Å²) in [4.78, 5) is 3.68. The molecule has 0 radical (unpaired) electrons. The molecular formula is C15H22N2OS. The lowest BCUT2D eigenvalue weighted by Gasteiger charge is -2.27. The Morgan fingerprint density at radius 1 is 1.53 bits per heavy atom. The molecule has 0 bridgehead atoms. The van der Waals surface area contributed by atoms with E-state index in [2.05, 4.69) is 35.2 Å². The lowest BCUT2D eigenvalue weighted by molar-refractivity contribution is -0.00245. The molecule has 1 atom stereocenters. The Bertz CT molecular complexity index is 440. The van der Waals surface area contributed by atoms with Crippen LogP contribution >= 0.6 is 11.3 Å². The fourth-order valence-corrected chi connectivity index (χ4v) is 3.21. The summed E-state index contributed by atoms with van der Waals surface area (Å²) in [5.41, 5.74) is 6.45. The van der Waals surface area contributed by atoms with E-state index in [1.165, 1.54) is 24.1 Å². The van der Waals surface area contributed by atoms with Gasteiger partial charge in [0, 0.05) is 35.5 Å². The second kappa shape index (κ2) is 7.66. The highest BCUT2D eigenvalue weighted by Gasteiger charge is 2.16. The van der Waals surface area contributed by atoms with Gasteiger partial charge in [-0.25, -0.2) is 0 Å². The van der Waals surface area contributed by atoms with E-state index in [4.69, 9.17) is 10.5 Å². The van der Waals surface area contributed by atoms with E-state index >= 15 is 0 Å². The third-order valence-electron chi connectivity index (χ3n) is 3.20. The minimum Gasteiger partial charge on any atom is -0.377 e. The van der Waals surface area contributed by atoms with Gasteiger partial charge in [-0.15, -0.1) is 11.3 Å². The van der Waals surface area contributed by atoms with Crippen molar-refractivity contribution in [1.82, 2.24) is 4.90 Å². The second-order valence-corrected chi connectivity index (χ2v) is 5.99. The predicted molar refractivity (Wildman–Crippen MR) is 80.2 cm³/mol. The van der Waals surface area contributed by atoms with Crippen LogP contribution in [0.25, 0.3) is 0 Å². The molecule has 1 aliphatic heterocycles. The number of hydrogen-bond acceptors (Lipinski definition) is 4. The van der Waals surface area contributed by atoms with Gasteiger partial charge in [0.05, 0.1) is 12.6 Å². The molecule has 2 rings (SSSR count). The topological polar surface area (TPSA) is 38.5 Å². The first-order valence-corrected chi connectivity index (χ1v) is 7.72. The summed E-state index contributed by atoms with van der Waals surface area (Å²) in [6.45, 7) is 3.33. The molecule has 104 valence electrons. The molecule has 0 aliphatic carbocycles. The number of nitrogens with zero attached hydrogens (tertiary/aromatic N) is 1. The summed E-state index contributed by atoms with van der Waals surface area (Å²) >= 11 is 1.76. The number of hydrogen-bond donors (Lipinski definition) is 1. The highest BCUT2D eigenvalue weighted by molar-refractivity contribution is 7.10. The van der Waals surface area contributed by atoms with Crippen LogP contribution in [0.15, 0.2) is 11.4 Å². The second-order valence-electron chi connectivity index (χ2n) is 4.99. The van der Waals surface area contributed by atoms with Gasteiger partial charge in [-0.1, -0.05) is 11.8 Å². The van der Waals surface area contributed by atoms with E-state index in [0.29, 0.717) is 12.6 Å². The molecule has 0 amide bonds. The Labute approximate surface area is 119 Å². The minimum absolute atomic E-state index is 0.412. The van der Waals surface area contributed by atoms with Crippen LogP contribution in [0.1, 0.15) is 29.7 Å². The summed E-state index contributed by atoms with van der Waals surface area (Å²) in [6.07, 6.45) is 4.13. The zero-order valence-corrected chi connectivity index (χ0v) is 12.3. The molecule has 1 aliphatic rings. The maximum atomic E-state index is 5.77. The third-order valence-corrected chi connectivity index (χ3v) is 4.13. The Morgan fingerprint density at radius 3 is 3.16 bits per heavy atom. The van der Waals surface area contributed by atoms with E-state index in [0.717, 1.165) is 25.3 Å². The highest BCUT2D eigenvalue weighted by Crippen LogP contribution is 2.18. The Morgan fingerprint density at radius 2 is 2.42 bits per heavy atom. The predicted octanol–water partition coefficient (Wildman–Crippen LogP) is 2.06. The molecule has 1 aromatic heterocycles. The van der Waals surface area contributed by atoms with Crippen molar-refractivity contribution in [2.24, 2.45) is 5.73 Å². The molecule has 2 N–H and O–H groups in total. The minimum atomic E-state index is 0.412. The van der Waals surface area contributed by atoms with Gasteiger partial charge >= 0.3 is 0 Å². The molecule has 2 heterocycles. The van der Waals surface area contributed by atoms with Crippen LogP contribution in [-0.2, 0) is 11.3 Å². The fraction of sp³-hybridized carbons (Fsp3) is 0.600. The lowest BCUT2D eigenvalue weighted by Crippen LogP contribution is -2.32. The smallest absolute Gasteiger partial charge is 0.0702 e. The van der Waals surface area contributed by atoms with Crippen LogP contribution in [-0.4, -0.2) is 37.7 Å². The molecule has 1 fully saturated rings. The molecule has 3 nitrogen and oxygen atoms in total. The zero-order chi connectivity index (χ0) is 13.5. The van der Waals surface area contributed by atoms with Crippen LogP contribution in [0.3, 0.4) is 0 Å². The number of thiophene rings is 1. The van der Waals surface area contributed by atoms with Crippen molar-refractivity contribution < 1.29 is 4.74 Å². The molecule has 0 saturated carbocycles. The lowest BCUT2D eigenvalue weighted by atomic mass is 10.1. The van der Waals surface area contributed by atoms with E-state index < -0.39 is 0 Å². The molecular weight excluding hydrogens is 256 g/mol. The summed E-state index contributed by atoms with van der Waals surface area (Å²) in [6, 6.07) is 2.16. The van der Waals surface area contributed by atoms with Gasteiger partial charge < -0.3 is 10.5 Å². The van der Waals surface area contributed by atoms with Crippen LogP contribution < -0.4 is 5.73 Å². The zero-order valence-electron chi connectivity index (χ0n) is 11.5. The van der Waals surface area contributed by atoms with Crippen LogP contribution in [0.2, 0.25) is 0 Å². The summed E-state index contributed by atoms with van der Waals surface area (Å²) in [5, 5.41) is 2.10. The molecule has 4 heteroatoms. The first-order valence-electron chi connectivity index (χ1n) is 6.84. The van der Waals surface area contributed by atoms with Crippen molar-refractivity contribution >= 4 is 11.3 Å². The standard InChI is InChI=1S/C15H22N2OS/c1-17(10-14-6-2-3-8-18-14)11-15-9-13(12-19-15)5-4-7-16/h9,12,14H,2-3,6-8,10-11,16H2,1H3. The van der Waals surface area contributed by atoms with Gasteiger partial charge in [-0.2, -0.15) is 0 Å². The molecule has 1 aromatic rings. The van der Waals surface area contributed by atoms with Crippen molar-refractivity contribution in [1.29, 1.82) is 0 Å². The molecule has 0 spiro atoms. The average molecular weight is 278 g/mol. The van der Waals surface area contributed by atoms with Gasteiger partial charge in [0.15, 0.2) is 0 Å². The van der Waals surface area contributed by atoms with Gasteiger partial charge in [0.2, 0.25) is 0 Å². The Balaban J connectivity index is 1.80. The summed E-state index contributed by atoms with van der Waals surface area (Å²) in [5.74, 6) is 5.96. The molecule has 0 aromatic carbocycles. The maximum absolute atomic E-state index is 5.77. The molecule has 19 heavy (non-hydrogen) atoms. The van der Waals surface area contributed by atoms with Crippen molar-refractivity contribution in [3.05, 3.63) is 21.9 Å². The Hall–Kier alpha value is -0.860. The van der Waals surface area contributed by atoms with Crippen molar-refractivity contribution in [2.75, 3.05) is 26.7 Å². The van der Waals surface area contributed by atoms with E-state index in [-0.39, 0.29) is 0 Å². The quantitative estimate of drug-likeness (QED) is 0.857. The first kappa shape index (κ1) is 14.5. The fourth-order valence-electron chi connectivity index (χ4n) is 2.31.